The molecule has 0 unspecified atom stereocenters. The molecule has 1 aromatic carbocycles. The monoisotopic (exact) mass is 304 g/mol. The Hall–Kier alpha value is -1.88. The predicted octanol–water partition coefficient (Wildman–Crippen LogP) is 4.36. The Bertz CT molecular complexity index is 615. The zero-order valence-electron chi connectivity index (χ0n) is 12.8. The number of nitrogens with one attached hydrogen (secondary N) is 1. The van der Waals surface area contributed by atoms with Gasteiger partial charge in [-0.05, 0) is 19.1 Å². The first-order valence-corrected chi connectivity index (χ1v) is 7.74. The lowest BCUT2D eigenvalue weighted by Gasteiger charge is -2.16. The van der Waals surface area contributed by atoms with Gasteiger partial charge in [-0.1, -0.05) is 50.3 Å². The fourth-order valence-corrected chi connectivity index (χ4v) is 2.95. The van der Waals surface area contributed by atoms with Crippen LogP contribution in [-0.4, -0.2) is 17.6 Å². The van der Waals surface area contributed by atoms with Crippen molar-refractivity contribution < 1.29 is 9.53 Å². The van der Waals surface area contributed by atoms with Crippen LogP contribution in [0.1, 0.15) is 43.1 Å². The first-order chi connectivity index (χ1) is 9.91. The van der Waals surface area contributed by atoms with Gasteiger partial charge in [0.1, 0.15) is 4.88 Å². The number of carbonyl (C=O) groups excluding carboxylic acids is 1. The highest BCUT2D eigenvalue weighted by molar-refractivity contribution is 7.17. The quantitative estimate of drug-likeness (QED) is 0.853. The van der Waals surface area contributed by atoms with Crippen LogP contribution in [0.25, 0.3) is 0 Å². The number of para-hydroxylation sites is 1. The number of aromatic nitrogens is 1. The maximum Gasteiger partial charge on any atom is 0.350 e. The van der Waals surface area contributed by atoms with Gasteiger partial charge >= 0.3 is 5.97 Å². The normalized spacial score (nSPS) is 11.2. The van der Waals surface area contributed by atoms with Gasteiger partial charge in [0.05, 0.1) is 12.3 Å². The van der Waals surface area contributed by atoms with Crippen LogP contribution in [-0.2, 0) is 10.2 Å². The molecule has 2 aromatic rings. The fraction of sp³-hybridized carbons (Fsp3) is 0.375. The van der Waals surface area contributed by atoms with E-state index in [1.54, 1.807) is 6.92 Å². The molecule has 112 valence electrons. The molecule has 1 heterocycles. The van der Waals surface area contributed by atoms with E-state index in [9.17, 15) is 4.79 Å². The van der Waals surface area contributed by atoms with Gasteiger partial charge in [-0.15, -0.1) is 0 Å². The van der Waals surface area contributed by atoms with Gasteiger partial charge in [0.2, 0.25) is 0 Å². The zero-order valence-corrected chi connectivity index (χ0v) is 13.6. The average molecular weight is 304 g/mol. The molecular formula is C16H20N2O2S. The third-order valence-electron chi connectivity index (χ3n) is 2.82. The van der Waals surface area contributed by atoms with Crippen LogP contribution < -0.4 is 5.32 Å². The molecule has 0 aliphatic rings. The summed E-state index contributed by atoms with van der Waals surface area (Å²) in [6.07, 6.45) is 0. The Balaban J connectivity index is 2.34. The number of ether oxygens (including phenoxy) is 1. The molecule has 0 radical (unpaired) electrons. The molecular weight excluding hydrogens is 284 g/mol. The minimum absolute atomic E-state index is 0.213. The summed E-state index contributed by atoms with van der Waals surface area (Å²) in [5.74, 6) is -0.305. The number of carbonyl (C=O) groups is 1. The molecule has 0 saturated carbocycles. The van der Waals surface area contributed by atoms with Crippen LogP contribution in [0.2, 0.25) is 0 Å². The molecule has 0 saturated heterocycles. The molecule has 0 fully saturated rings. The van der Waals surface area contributed by atoms with E-state index in [0.29, 0.717) is 16.6 Å². The van der Waals surface area contributed by atoms with Crippen molar-refractivity contribution in [3.8, 4) is 0 Å². The first-order valence-electron chi connectivity index (χ1n) is 6.92. The summed E-state index contributed by atoms with van der Waals surface area (Å²) >= 11 is 1.33. The fourth-order valence-electron chi connectivity index (χ4n) is 1.86. The number of nitrogens with zero attached hydrogens (tertiary/aromatic N) is 1. The minimum atomic E-state index is -0.305. The first kappa shape index (κ1) is 15.5. The standard InChI is InChI=1S/C16H20N2O2S/c1-5-20-14(19)12-13(16(2,3)4)18-15(21-12)17-11-9-7-6-8-10-11/h6-10H,5H2,1-4H3,(H,17,18). The molecule has 2 rings (SSSR count). The highest BCUT2D eigenvalue weighted by atomic mass is 32.1. The zero-order chi connectivity index (χ0) is 15.5. The van der Waals surface area contributed by atoms with Crippen molar-refractivity contribution in [2.75, 3.05) is 11.9 Å². The van der Waals surface area contributed by atoms with E-state index in [1.807, 2.05) is 51.1 Å². The van der Waals surface area contributed by atoms with E-state index >= 15 is 0 Å². The third kappa shape index (κ3) is 3.82. The summed E-state index contributed by atoms with van der Waals surface area (Å²) < 4.78 is 5.13. The van der Waals surface area contributed by atoms with Gasteiger partial charge in [-0.25, -0.2) is 9.78 Å². The molecule has 0 aliphatic heterocycles. The highest BCUT2D eigenvalue weighted by Crippen LogP contribution is 2.33. The van der Waals surface area contributed by atoms with Gasteiger partial charge < -0.3 is 10.1 Å². The number of esters is 1. The van der Waals surface area contributed by atoms with Crippen LogP contribution >= 0.6 is 11.3 Å². The molecule has 1 N–H and O–H groups in total. The summed E-state index contributed by atoms with van der Waals surface area (Å²) in [6.45, 7) is 8.28. The Labute approximate surface area is 129 Å². The maximum atomic E-state index is 12.1. The van der Waals surface area contributed by atoms with Crippen molar-refractivity contribution in [3.63, 3.8) is 0 Å². The summed E-state index contributed by atoms with van der Waals surface area (Å²) in [4.78, 5) is 17.3. The number of hydrogen-bond donors (Lipinski definition) is 1. The molecule has 1 aromatic heterocycles. The van der Waals surface area contributed by atoms with E-state index in [0.717, 1.165) is 11.4 Å². The van der Waals surface area contributed by atoms with Crippen LogP contribution in [0.5, 0.6) is 0 Å². The van der Waals surface area contributed by atoms with Gasteiger partial charge in [-0.3, -0.25) is 0 Å². The van der Waals surface area contributed by atoms with E-state index in [-0.39, 0.29) is 11.4 Å². The second kappa shape index (κ2) is 6.26. The Kier molecular flexibility index (Phi) is 4.63. The van der Waals surface area contributed by atoms with Crippen LogP contribution in [0, 0.1) is 0 Å². The van der Waals surface area contributed by atoms with Crippen LogP contribution in [0.15, 0.2) is 30.3 Å². The van der Waals surface area contributed by atoms with Crippen molar-refractivity contribution in [3.05, 3.63) is 40.9 Å². The lowest BCUT2D eigenvalue weighted by atomic mass is 9.91. The van der Waals surface area contributed by atoms with Crippen molar-refractivity contribution in [1.82, 2.24) is 4.98 Å². The number of thiazole rings is 1. The van der Waals surface area contributed by atoms with Crippen molar-refractivity contribution in [1.29, 1.82) is 0 Å². The molecule has 0 aliphatic carbocycles. The molecule has 0 atom stereocenters. The van der Waals surface area contributed by atoms with Crippen molar-refractivity contribution in [2.45, 2.75) is 33.1 Å². The largest absolute Gasteiger partial charge is 0.462 e. The number of benzene rings is 1. The lowest BCUT2D eigenvalue weighted by molar-refractivity contribution is 0.0529. The Morgan fingerprint density at radius 1 is 1.29 bits per heavy atom. The molecule has 21 heavy (non-hydrogen) atoms. The van der Waals surface area contributed by atoms with Crippen molar-refractivity contribution >= 4 is 28.1 Å². The predicted molar refractivity (Wildman–Crippen MR) is 86.5 cm³/mol. The lowest BCUT2D eigenvalue weighted by Crippen LogP contribution is -2.17. The summed E-state index contributed by atoms with van der Waals surface area (Å²) in [5, 5.41) is 3.94. The summed E-state index contributed by atoms with van der Waals surface area (Å²) in [7, 11) is 0. The van der Waals surface area contributed by atoms with Gasteiger partial charge in [0.15, 0.2) is 5.13 Å². The summed E-state index contributed by atoms with van der Waals surface area (Å²) in [5.41, 5.74) is 1.50. The minimum Gasteiger partial charge on any atom is -0.462 e. The number of hydrogen-bond acceptors (Lipinski definition) is 5. The van der Waals surface area contributed by atoms with Gasteiger partial charge in [0.25, 0.3) is 0 Å². The van der Waals surface area contributed by atoms with E-state index < -0.39 is 0 Å². The molecule has 0 spiro atoms. The second-order valence-corrected chi connectivity index (χ2v) is 6.66. The third-order valence-corrected chi connectivity index (χ3v) is 3.77. The maximum absolute atomic E-state index is 12.1. The van der Waals surface area contributed by atoms with Crippen molar-refractivity contribution in [2.24, 2.45) is 0 Å². The number of rotatable bonds is 4. The molecule has 5 heteroatoms. The molecule has 4 nitrogen and oxygen atoms in total. The van der Waals surface area contributed by atoms with Gasteiger partial charge in [0, 0.05) is 11.1 Å². The SMILES string of the molecule is CCOC(=O)c1sc(Nc2ccccc2)nc1C(C)(C)C. The number of anilines is 2. The van der Waals surface area contributed by atoms with E-state index in [4.69, 9.17) is 4.74 Å². The second-order valence-electron chi connectivity index (χ2n) is 5.66. The molecule has 0 amide bonds. The van der Waals surface area contributed by atoms with Crippen LogP contribution in [0.3, 0.4) is 0 Å². The smallest absolute Gasteiger partial charge is 0.350 e. The van der Waals surface area contributed by atoms with E-state index in [2.05, 4.69) is 10.3 Å². The Morgan fingerprint density at radius 3 is 2.52 bits per heavy atom. The van der Waals surface area contributed by atoms with E-state index in [1.165, 1.54) is 11.3 Å². The Morgan fingerprint density at radius 2 is 1.95 bits per heavy atom. The van der Waals surface area contributed by atoms with Crippen LogP contribution in [0.4, 0.5) is 10.8 Å². The molecule has 0 bridgehead atoms. The topological polar surface area (TPSA) is 51.2 Å². The van der Waals surface area contributed by atoms with Gasteiger partial charge in [-0.2, -0.15) is 0 Å². The average Bonchev–Trinajstić information content (AvgIpc) is 2.84. The highest BCUT2D eigenvalue weighted by Gasteiger charge is 2.28. The summed E-state index contributed by atoms with van der Waals surface area (Å²) in [6, 6.07) is 9.78.